The van der Waals surface area contributed by atoms with E-state index in [9.17, 15) is 20.1 Å². The molecule has 0 aliphatic heterocycles. The van der Waals surface area contributed by atoms with E-state index in [0.717, 1.165) is 38.5 Å². The quantitative estimate of drug-likeness (QED) is 0.0361. The first-order valence-electron chi connectivity index (χ1n) is 30.3. The molecule has 0 radical (unpaired) electrons. The van der Waals surface area contributed by atoms with E-state index in [1.54, 1.807) is 6.08 Å². The molecule has 0 spiro atoms. The van der Waals surface area contributed by atoms with Gasteiger partial charge in [0, 0.05) is 0 Å². The zero-order chi connectivity index (χ0) is 48.6. The van der Waals surface area contributed by atoms with Gasteiger partial charge in [-0.05, 0) is 44.9 Å². The number of nitrogens with one attached hydrogen (secondary N) is 1. The molecule has 396 valence electrons. The smallest absolute Gasteiger partial charge is 0.222 e. The van der Waals surface area contributed by atoms with Gasteiger partial charge in [0.15, 0.2) is 0 Å². The molecule has 0 aromatic carbocycles. The van der Waals surface area contributed by atoms with Gasteiger partial charge in [0.25, 0.3) is 0 Å². The minimum Gasteiger partial charge on any atom is -0.394 e. The molecule has 0 rings (SSSR count). The monoisotopic (exact) mass is 942 g/mol. The first-order valence-corrected chi connectivity index (χ1v) is 30.3. The van der Waals surface area contributed by atoms with Gasteiger partial charge in [-0.25, -0.2) is 0 Å². The molecule has 3 unspecified atom stereocenters. The Morgan fingerprint density at radius 3 is 0.955 bits per heavy atom. The Bertz CT molecular complexity index is 1040. The Balaban J connectivity index is 3.58. The van der Waals surface area contributed by atoms with E-state index in [4.69, 9.17) is 0 Å². The van der Waals surface area contributed by atoms with Crippen LogP contribution in [0.25, 0.3) is 0 Å². The first kappa shape index (κ1) is 65.6. The predicted molar refractivity (Wildman–Crippen MR) is 296 cm³/mol. The van der Waals surface area contributed by atoms with Crippen molar-refractivity contribution in [3.8, 4) is 0 Å². The zero-order valence-electron chi connectivity index (χ0n) is 45.3. The lowest BCUT2D eigenvalue weighted by atomic mass is 10.0. The molecule has 0 saturated heterocycles. The highest BCUT2D eigenvalue weighted by Crippen LogP contribution is 2.18. The molecular weight excluding hydrogens is 823 g/mol. The number of aliphatic hydroxyl groups excluding tert-OH is 3. The van der Waals surface area contributed by atoms with Crippen LogP contribution in [0, 0.1) is 0 Å². The lowest BCUT2D eigenvalue weighted by molar-refractivity contribution is -0.124. The Hall–Kier alpha value is -1.43. The normalized spacial score (nSPS) is 13.4. The molecular formula is C62H119NO4. The third kappa shape index (κ3) is 53.8. The van der Waals surface area contributed by atoms with E-state index in [2.05, 4.69) is 43.5 Å². The van der Waals surface area contributed by atoms with Crippen LogP contribution in [0.3, 0.4) is 0 Å². The van der Waals surface area contributed by atoms with E-state index in [1.165, 1.54) is 263 Å². The summed E-state index contributed by atoms with van der Waals surface area (Å²) in [5, 5.41) is 33.5. The van der Waals surface area contributed by atoms with Gasteiger partial charge in [-0.2, -0.15) is 0 Å². The van der Waals surface area contributed by atoms with Gasteiger partial charge in [-0.15, -0.1) is 0 Å². The lowest BCUT2D eigenvalue weighted by Crippen LogP contribution is -2.45. The average molecular weight is 943 g/mol. The molecule has 5 heteroatoms. The van der Waals surface area contributed by atoms with Gasteiger partial charge in [-0.3, -0.25) is 4.79 Å². The maximum absolute atomic E-state index is 12.5. The predicted octanol–water partition coefficient (Wildman–Crippen LogP) is 19.0. The summed E-state index contributed by atoms with van der Waals surface area (Å²) in [7, 11) is 0. The summed E-state index contributed by atoms with van der Waals surface area (Å²) in [5.74, 6) is -0.323. The summed E-state index contributed by atoms with van der Waals surface area (Å²) in [5.41, 5.74) is 0. The Morgan fingerprint density at radius 1 is 0.373 bits per heavy atom. The van der Waals surface area contributed by atoms with Crippen LogP contribution in [0.2, 0.25) is 0 Å². The molecule has 1 amide bonds. The van der Waals surface area contributed by atoms with Crippen LogP contribution in [0.4, 0.5) is 0 Å². The summed E-state index contributed by atoms with van der Waals surface area (Å²) in [6.45, 7) is 4.24. The maximum atomic E-state index is 12.5. The number of unbranched alkanes of at least 4 members (excludes halogenated alkanes) is 43. The van der Waals surface area contributed by atoms with Crippen LogP contribution in [-0.2, 0) is 4.79 Å². The second-order valence-corrected chi connectivity index (χ2v) is 21.0. The number of carbonyl (C=O) groups is 1. The standard InChI is InChI=1S/C62H119NO4/c1-3-5-7-9-11-13-15-17-19-21-23-25-27-29-30-32-33-35-37-39-41-43-45-47-49-51-53-55-59(65)57-62(67)63-60(58-64)61(66)56-54-52-50-48-46-44-42-40-38-36-34-31-28-26-24-22-20-18-16-14-12-10-8-6-4-2/h38,40,46,48,54,56,59-61,64-66H,3-37,39,41-45,47,49-53,55,57-58H2,1-2H3,(H,63,67)/b40-38+,48-46+,56-54+. The number of carbonyl (C=O) groups excluding carboxylic acids is 1. The summed E-state index contributed by atoms with van der Waals surface area (Å²) in [4.78, 5) is 12.5. The fraction of sp³-hybridized carbons (Fsp3) is 0.887. The van der Waals surface area contributed by atoms with E-state index in [0.29, 0.717) is 6.42 Å². The van der Waals surface area contributed by atoms with Crippen LogP contribution >= 0.6 is 0 Å². The summed E-state index contributed by atoms with van der Waals surface area (Å²) in [6, 6.07) is -0.767. The molecule has 0 aromatic heterocycles. The van der Waals surface area contributed by atoms with Crippen LogP contribution in [0.1, 0.15) is 328 Å². The molecule has 0 aliphatic rings. The average Bonchev–Trinajstić information content (AvgIpc) is 3.32. The topological polar surface area (TPSA) is 89.8 Å². The van der Waals surface area contributed by atoms with Crippen LogP contribution < -0.4 is 5.32 Å². The molecule has 5 nitrogen and oxygen atoms in total. The Kier molecular flexibility index (Phi) is 55.9. The molecule has 3 atom stereocenters. The van der Waals surface area contributed by atoms with Gasteiger partial charge in [0.2, 0.25) is 5.91 Å². The molecule has 0 aliphatic carbocycles. The number of aliphatic hydroxyl groups is 3. The van der Waals surface area contributed by atoms with Crippen molar-refractivity contribution >= 4 is 5.91 Å². The summed E-state index contributed by atoms with van der Waals surface area (Å²) in [6.07, 6.45) is 75.0. The maximum Gasteiger partial charge on any atom is 0.222 e. The minimum absolute atomic E-state index is 0.00585. The van der Waals surface area contributed by atoms with E-state index in [1.807, 2.05) is 6.08 Å². The SMILES string of the molecule is CCCCCCCCCCCCCCCCC/C=C/CC/C=C/CC/C=C/C(O)C(CO)NC(=O)CC(O)CCCCCCCCCCCCCCCCCCCCCCCCCCCCC. The number of amides is 1. The van der Waals surface area contributed by atoms with Gasteiger partial charge < -0.3 is 20.6 Å². The minimum atomic E-state index is -0.960. The fourth-order valence-corrected chi connectivity index (χ4v) is 9.55. The highest BCUT2D eigenvalue weighted by molar-refractivity contribution is 5.76. The van der Waals surface area contributed by atoms with Gasteiger partial charge >= 0.3 is 0 Å². The molecule has 0 aromatic rings. The summed E-state index contributed by atoms with van der Waals surface area (Å²) < 4.78 is 0. The van der Waals surface area contributed by atoms with Crippen molar-refractivity contribution in [2.24, 2.45) is 0 Å². The van der Waals surface area contributed by atoms with Crippen molar-refractivity contribution < 1.29 is 20.1 Å². The summed E-state index contributed by atoms with van der Waals surface area (Å²) >= 11 is 0. The lowest BCUT2D eigenvalue weighted by Gasteiger charge is -2.21. The van der Waals surface area contributed by atoms with Crippen molar-refractivity contribution in [2.75, 3.05) is 6.61 Å². The van der Waals surface area contributed by atoms with Crippen molar-refractivity contribution in [1.82, 2.24) is 5.32 Å². The van der Waals surface area contributed by atoms with Gasteiger partial charge in [0.1, 0.15) is 0 Å². The molecule has 4 N–H and O–H groups in total. The van der Waals surface area contributed by atoms with Crippen LogP contribution in [0.5, 0.6) is 0 Å². The first-order chi connectivity index (χ1) is 33.0. The molecule has 0 bridgehead atoms. The number of allylic oxidation sites excluding steroid dienone is 5. The van der Waals surface area contributed by atoms with Crippen molar-refractivity contribution in [3.05, 3.63) is 36.5 Å². The Labute approximate surface area is 419 Å². The zero-order valence-corrected chi connectivity index (χ0v) is 45.3. The second-order valence-electron chi connectivity index (χ2n) is 21.0. The molecule has 0 heterocycles. The molecule has 0 saturated carbocycles. The highest BCUT2D eigenvalue weighted by Gasteiger charge is 2.20. The number of rotatable bonds is 56. The molecule has 67 heavy (non-hydrogen) atoms. The van der Waals surface area contributed by atoms with Crippen molar-refractivity contribution in [1.29, 1.82) is 0 Å². The third-order valence-corrected chi connectivity index (χ3v) is 14.2. The van der Waals surface area contributed by atoms with Crippen molar-refractivity contribution in [2.45, 2.75) is 347 Å². The largest absolute Gasteiger partial charge is 0.394 e. The van der Waals surface area contributed by atoms with Crippen LogP contribution in [0.15, 0.2) is 36.5 Å². The number of hydrogen-bond acceptors (Lipinski definition) is 4. The Morgan fingerprint density at radius 2 is 0.642 bits per heavy atom. The highest BCUT2D eigenvalue weighted by atomic mass is 16.3. The number of hydrogen-bond donors (Lipinski definition) is 4. The van der Waals surface area contributed by atoms with Crippen LogP contribution in [-0.4, -0.2) is 46.1 Å². The molecule has 0 fully saturated rings. The fourth-order valence-electron chi connectivity index (χ4n) is 9.55. The van der Waals surface area contributed by atoms with Gasteiger partial charge in [-0.1, -0.05) is 314 Å². The van der Waals surface area contributed by atoms with Gasteiger partial charge in [0.05, 0.1) is 31.3 Å². The second kappa shape index (κ2) is 57.2. The van der Waals surface area contributed by atoms with E-state index >= 15 is 0 Å². The third-order valence-electron chi connectivity index (χ3n) is 14.2. The van der Waals surface area contributed by atoms with E-state index < -0.39 is 18.2 Å². The van der Waals surface area contributed by atoms with Crippen molar-refractivity contribution in [3.63, 3.8) is 0 Å². The van der Waals surface area contributed by atoms with E-state index in [-0.39, 0.29) is 18.9 Å².